The SMILES string of the molecule is COc1ccccc1NC(=O)COC(=O)c1ccc(-c2ccc(C=O)o2)cc1. The first-order valence-corrected chi connectivity index (χ1v) is 8.36. The minimum absolute atomic E-state index is 0.222. The first-order chi connectivity index (χ1) is 13.6. The Morgan fingerprint density at radius 2 is 1.79 bits per heavy atom. The first-order valence-electron chi connectivity index (χ1n) is 8.36. The second kappa shape index (κ2) is 8.68. The van der Waals surface area contributed by atoms with Gasteiger partial charge in [-0.05, 0) is 36.4 Å². The van der Waals surface area contributed by atoms with E-state index in [0.717, 1.165) is 0 Å². The van der Waals surface area contributed by atoms with Crippen LogP contribution in [0.25, 0.3) is 11.3 Å². The van der Waals surface area contributed by atoms with Crippen LogP contribution < -0.4 is 10.1 Å². The number of esters is 1. The summed E-state index contributed by atoms with van der Waals surface area (Å²) in [4.78, 5) is 34.8. The van der Waals surface area contributed by atoms with Gasteiger partial charge in [0.2, 0.25) is 0 Å². The molecule has 28 heavy (non-hydrogen) atoms. The average Bonchev–Trinajstić information content (AvgIpc) is 3.22. The number of rotatable bonds is 7. The van der Waals surface area contributed by atoms with Gasteiger partial charge in [-0.2, -0.15) is 0 Å². The molecule has 0 spiro atoms. The van der Waals surface area contributed by atoms with E-state index < -0.39 is 18.5 Å². The molecule has 0 saturated carbocycles. The summed E-state index contributed by atoms with van der Waals surface area (Å²) in [6, 6.07) is 16.6. The van der Waals surface area contributed by atoms with Gasteiger partial charge in [-0.15, -0.1) is 0 Å². The Labute approximate surface area is 160 Å². The Kier molecular flexibility index (Phi) is 5.86. The Hall–Kier alpha value is -3.87. The number of carbonyl (C=O) groups excluding carboxylic acids is 3. The molecule has 142 valence electrons. The maximum atomic E-state index is 12.1. The number of furan rings is 1. The van der Waals surface area contributed by atoms with Gasteiger partial charge in [-0.3, -0.25) is 9.59 Å². The standard InChI is InChI=1S/C21H17NO6/c1-26-19-5-3-2-4-17(19)22-20(24)13-27-21(25)15-8-6-14(7-9-15)18-11-10-16(12-23)28-18/h2-12H,13H2,1H3,(H,22,24). The van der Waals surface area contributed by atoms with Crippen molar-refractivity contribution in [2.75, 3.05) is 19.0 Å². The highest BCUT2D eigenvalue weighted by molar-refractivity contribution is 5.96. The highest BCUT2D eigenvalue weighted by atomic mass is 16.5. The summed E-state index contributed by atoms with van der Waals surface area (Å²) in [5.41, 5.74) is 1.48. The number of ether oxygens (including phenoxy) is 2. The molecule has 0 aliphatic heterocycles. The van der Waals surface area contributed by atoms with Gasteiger partial charge >= 0.3 is 5.97 Å². The van der Waals surface area contributed by atoms with E-state index in [2.05, 4.69) is 5.32 Å². The highest BCUT2D eigenvalue weighted by Crippen LogP contribution is 2.23. The normalized spacial score (nSPS) is 10.2. The van der Waals surface area contributed by atoms with Gasteiger partial charge in [-0.25, -0.2) is 4.79 Å². The quantitative estimate of drug-likeness (QED) is 0.498. The van der Waals surface area contributed by atoms with Gasteiger partial charge in [0.05, 0.1) is 18.4 Å². The third-order valence-corrected chi connectivity index (χ3v) is 3.86. The third-order valence-electron chi connectivity index (χ3n) is 3.86. The predicted octanol–water partition coefficient (Wildman–Crippen LogP) is 3.56. The lowest BCUT2D eigenvalue weighted by atomic mass is 10.1. The molecule has 0 unspecified atom stereocenters. The summed E-state index contributed by atoms with van der Waals surface area (Å²) in [5.74, 6) is 0.132. The molecule has 0 atom stereocenters. The molecule has 2 aromatic carbocycles. The molecule has 0 saturated heterocycles. The number of anilines is 1. The van der Waals surface area contributed by atoms with Crippen LogP contribution in [0, 0.1) is 0 Å². The molecule has 0 aliphatic carbocycles. The number of para-hydroxylation sites is 2. The fourth-order valence-corrected chi connectivity index (χ4v) is 2.49. The molecule has 7 heteroatoms. The van der Waals surface area contributed by atoms with E-state index in [0.29, 0.717) is 29.0 Å². The first kappa shape index (κ1) is 18.9. The molecule has 0 fully saturated rings. The molecule has 1 heterocycles. The van der Waals surface area contributed by atoms with E-state index in [1.807, 2.05) is 0 Å². The molecular formula is C21H17NO6. The predicted molar refractivity (Wildman–Crippen MR) is 101 cm³/mol. The van der Waals surface area contributed by atoms with Crippen molar-refractivity contribution >= 4 is 23.9 Å². The summed E-state index contributed by atoms with van der Waals surface area (Å²) in [6.07, 6.45) is 0.616. The smallest absolute Gasteiger partial charge is 0.338 e. The number of methoxy groups -OCH3 is 1. The molecule has 0 bridgehead atoms. The zero-order chi connectivity index (χ0) is 19.9. The van der Waals surface area contributed by atoms with Gasteiger partial charge in [0.25, 0.3) is 5.91 Å². The Morgan fingerprint density at radius 3 is 2.46 bits per heavy atom. The Morgan fingerprint density at radius 1 is 1.04 bits per heavy atom. The molecule has 3 rings (SSSR count). The summed E-state index contributed by atoms with van der Waals surface area (Å²) in [7, 11) is 1.50. The number of hydrogen-bond acceptors (Lipinski definition) is 6. The van der Waals surface area contributed by atoms with Crippen LogP contribution in [0.15, 0.2) is 65.1 Å². The van der Waals surface area contributed by atoms with E-state index in [1.165, 1.54) is 7.11 Å². The van der Waals surface area contributed by atoms with E-state index in [-0.39, 0.29) is 11.3 Å². The van der Waals surface area contributed by atoms with Crippen LogP contribution in [0.1, 0.15) is 20.9 Å². The van der Waals surface area contributed by atoms with Crippen LogP contribution in [0.4, 0.5) is 5.69 Å². The summed E-state index contributed by atoms with van der Waals surface area (Å²) in [6.45, 7) is -0.431. The van der Waals surface area contributed by atoms with Crippen molar-refractivity contribution in [1.29, 1.82) is 0 Å². The highest BCUT2D eigenvalue weighted by Gasteiger charge is 2.13. The maximum absolute atomic E-state index is 12.1. The number of nitrogens with one attached hydrogen (secondary N) is 1. The van der Waals surface area contributed by atoms with Gasteiger partial charge in [-0.1, -0.05) is 24.3 Å². The number of aldehydes is 1. The fourth-order valence-electron chi connectivity index (χ4n) is 2.49. The number of carbonyl (C=O) groups is 3. The lowest BCUT2D eigenvalue weighted by Gasteiger charge is -2.10. The number of hydrogen-bond donors (Lipinski definition) is 1. The van der Waals surface area contributed by atoms with Crippen LogP contribution in [-0.2, 0) is 9.53 Å². The largest absolute Gasteiger partial charge is 0.495 e. The second-order valence-corrected chi connectivity index (χ2v) is 5.72. The third kappa shape index (κ3) is 4.45. The average molecular weight is 379 g/mol. The summed E-state index contributed by atoms with van der Waals surface area (Å²) < 4.78 is 15.5. The zero-order valence-electron chi connectivity index (χ0n) is 15.0. The molecule has 0 aliphatic rings. The lowest BCUT2D eigenvalue weighted by molar-refractivity contribution is -0.119. The van der Waals surface area contributed by atoms with Crippen molar-refractivity contribution in [2.24, 2.45) is 0 Å². The summed E-state index contributed by atoms with van der Waals surface area (Å²) in [5, 5.41) is 2.62. The Bertz CT molecular complexity index is 990. The van der Waals surface area contributed by atoms with Gasteiger partial charge < -0.3 is 19.2 Å². The molecule has 3 aromatic rings. The van der Waals surface area contributed by atoms with Crippen LogP contribution >= 0.6 is 0 Å². The van der Waals surface area contributed by atoms with Crippen LogP contribution in [0.2, 0.25) is 0 Å². The van der Waals surface area contributed by atoms with E-state index >= 15 is 0 Å². The second-order valence-electron chi connectivity index (χ2n) is 5.72. The number of amides is 1. The Balaban J connectivity index is 1.57. The lowest BCUT2D eigenvalue weighted by Crippen LogP contribution is -2.21. The van der Waals surface area contributed by atoms with Crippen molar-refractivity contribution in [1.82, 2.24) is 0 Å². The zero-order valence-corrected chi connectivity index (χ0v) is 15.0. The minimum Gasteiger partial charge on any atom is -0.495 e. The summed E-state index contributed by atoms with van der Waals surface area (Å²) >= 11 is 0. The van der Waals surface area contributed by atoms with Crippen LogP contribution in [0.5, 0.6) is 5.75 Å². The molecular weight excluding hydrogens is 362 g/mol. The van der Waals surface area contributed by atoms with Crippen molar-refractivity contribution < 1.29 is 28.3 Å². The molecule has 1 aromatic heterocycles. The van der Waals surface area contributed by atoms with Crippen LogP contribution in [0.3, 0.4) is 0 Å². The van der Waals surface area contributed by atoms with Crippen molar-refractivity contribution in [3.05, 3.63) is 72.0 Å². The van der Waals surface area contributed by atoms with E-state index in [1.54, 1.807) is 60.7 Å². The molecule has 0 radical (unpaired) electrons. The fraction of sp³-hybridized carbons (Fsp3) is 0.0952. The number of benzene rings is 2. The topological polar surface area (TPSA) is 94.8 Å². The van der Waals surface area contributed by atoms with Gasteiger partial charge in [0.1, 0.15) is 11.5 Å². The monoisotopic (exact) mass is 379 g/mol. The van der Waals surface area contributed by atoms with Crippen LogP contribution in [-0.4, -0.2) is 31.9 Å². The van der Waals surface area contributed by atoms with E-state index in [9.17, 15) is 14.4 Å². The molecule has 1 amide bonds. The van der Waals surface area contributed by atoms with E-state index in [4.69, 9.17) is 13.9 Å². The van der Waals surface area contributed by atoms with Gasteiger partial charge in [0.15, 0.2) is 18.7 Å². The van der Waals surface area contributed by atoms with Gasteiger partial charge in [0, 0.05) is 5.56 Å². The minimum atomic E-state index is -0.630. The van der Waals surface area contributed by atoms with Crippen molar-refractivity contribution in [3.8, 4) is 17.1 Å². The van der Waals surface area contributed by atoms with Crippen molar-refractivity contribution in [2.45, 2.75) is 0 Å². The maximum Gasteiger partial charge on any atom is 0.338 e. The molecule has 7 nitrogen and oxygen atoms in total. The van der Waals surface area contributed by atoms with Crippen molar-refractivity contribution in [3.63, 3.8) is 0 Å². The molecule has 1 N–H and O–H groups in total.